The number of Topliss-reactive ketones (excluding diaryl/α,β-unsaturated/α-hetero) is 1. The molecule has 200 valence electrons. The van der Waals surface area contributed by atoms with Gasteiger partial charge in [-0.25, -0.2) is 0 Å². The summed E-state index contributed by atoms with van der Waals surface area (Å²) in [5.74, 6) is -0.0179. The number of rotatable bonds is 15. The van der Waals surface area contributed by atoms with Gasteiger partial charge in [-0.15, -0.1) is 0 Å². The molecule has 0 aromatic rings. The number of hydrogen-bond acceptors (Lipinski definition) is 6. The molecular formula is C26H45N3O4S2. The van der Waals surface area contributed by atoms with Gasteiger partial charge in [0.25, 0.3) is 5.91 Å². The summed E-state index contributed by atoms with van der Waals surface area (Å²) in [7, 11) is 3.88. The molecule has 3 amide bonds. The van der Waals surface area contributed by atoms with E-state index in [1.54, 1.807) is 6.92 Å². The van der Waals surface area contributed by atoms with Crippen LogP contribution in [0, 0.1) is 11.8 Å². The second-order valence-corrected chi connectivity index (χ2v) is 13.1. The van der Waals surface area contributed by atoms with Crippen LogP contribution < -0.4 is 16.0 Å². The molecule has 3 N–H and O–H groups in total. The molecule has 1 unspecified atom stereocenters. The molecule has 2 rings (SSSR count). The van der Waals surface area contributed by atoms with Crippen LogP contribution >= 0.6 is 21.6 Å². The van der Waals surface area contributed by atoms with Crippen molar-refractivity contribution in [3.8, 4) is 0 Å². The Labute approximate surface area is 219 Å². The Bertz CT molecular complexity index is 692. The van der Waals surface area contributed by atoms with Gasteiger partial charge in [-0.1, -0.05) is 74.0 Å². The Balaban J connectivity index is 1.94. The van der Waals surface area contributed by atoms with Crippen molar-refractivity contribution in [1.29, 1.82) is 0 Å². The predicted octanol–water partition coefficient (Wildman–Crippen LogP) is 4.39. The molecule has 1 heterocycles. The molecule has 2 fully saturated rings. The number of ketones is 1. The van der Waals surface area contributed by atoms with E-state index in [0.717, 1.165) is 44.9 Å². The lowest BCUT2D eigenvalue weighted by atomic mass is 9.83. The zero-order valence-electron chi connectivity index (χ0n) is 21.7. The van der Waals surface area contributed by atoms with Crippen molar-refractivity contribution in [3.63, 3.8) is 0 Å². The molecule has 3 atom stereocenters. The van der Waals surface area contributed by atoms with Crippen molar-refractivity contribution in [3.05, 3.63) is 0 Å². The minimum Gasteiger partial charge on any atom is -0.350 e. The van der Waals surface area contributed by atoms with Gasteiger partial charge in [-0.3, -0.25) is 19.2 Å². The predicted molar refractivity (Wildman–Crippen MR) is 145 cm³/mol. The van der Waals surface area contributed by atoms with E-state index in [2.05, 4.69) is 16.0 Å². The van der Waals surface area contributed by atoms with Crippen LogP contribution in [0.25, 0.3) is 0 Å². The van der Waals surface area contributed by atoms with Gasteiger partial charge in [-0.05, 0) is 50.9 Å². The van der Waals surface area contributed by atoms with E-state index in [4.69, 9.17) is 0 Å². The maximum absolute atomic E-state index is 13.2. The van der Waals surface area contributed by atoms with Crippen molar-refractivity contribution in [2.75, 3.05) is 12.3 Å². The van der Waals surface area contributed by atoms with Crippen molar-refractivity contribution < 1.29 is 19.2 Å². The third-order valence-corrected chi connectivity index (χ3v) is 9.76. The maximum Gasteiger partial charge on any atom is 0.289 e. The van der Waals surface area contributed by atoms with Crippen LogP contribution in [0.4, 0.5) is 0 Å². The third kappa shape index (κ3) is 11.6. The van der Waals surface area contributed by atoms with E-state index in [9.17, 15) is 19.2 Å². The van der Waals surface area contributed by atoms with Crippen LogP contribution in [0.2, 0.25) is 0 Å². The highest BCUT2D eigenvalue weighted by Gasteiger charge is 2.32. The van der Waals surface area contributed by atoms with Gasteiger partial charge in [0.1, 0.15) is 6.04 Å². The van der Waals surface area contributed by atoms with Gasteiger partial charge < -0.3 is 16.0 Å². The van der Waals surface area contributed by atoms with Gasteiger partial charge in [-0.2, -0.15) is 0 Å². The summed E-state index contributed by atoms with van der Waals surface area (Å²) < 4.78 is 0. The summed E-state index contributed by atoms with van der Waals surface area (Å²) in [5, 5.41) is 9.02. The second kappa shape index (κ2) is 16.5. The van der Waals surface area contributed by atoms with Gasteiger partial charge in [0, 0.05) is 24.0 Å². The lowest BCUT2D eigenvalue weighted by Crippen LogP contribution is -2.54. The smallest absolute Gasteiger partial charge is 0.289 e. The SMILES string of the molecule is CCNC(=O)C(=O)[C@H](CC1CCCCC1)NC(=O)[C@H](CC(C)C)NC(=O)CCCCC1CCSS1. The van der Waals surface area contributed by atoms with E-state index in [1.807, 2.05) is 35.4 Å². The molecule has 9 heteroatoms. The van der Waals surface area contributed by atoms with Crippen LogP contribution in [0.1, 0.15) is 97.8 Å². The minimum atomic E-state index is -0.856. The second-order valence-electron chi connectivity index (χ2n) is 10.3. The zero-order valence-corrected chi connectivity index (χ0v) is 23.4. The summed E-state index contributed by atoms with van der Waals surface area (Å²) in [6, 6.07) is -1.56. The van der Waals surface area contributed by atoms with E-state index in [-0.39, 0.29) is 17.7 Å². The maximum atomic E-state index is 13.2. The van der Waals surface area contributed by atoms with Gasteiger partial charge in [0.15, 0.2) is 0 Å². The summed E-state index contributed by atoms with van der Waals surface area (Å²) >= 11 is 0. The Morgan fingerprint density at radius 2 is 1.69 bits per heavy atom. The molecular weight excluding hydrogens is 482 g/mol. The van der Waals surface area contributed by atoms with Crippen LogP contribution in [-0.2, 0) is 19.2 Å². The highest BCUT2D eigenvalue weighted by atomic mass is 33.1. The standard InChI is InChI=1S/C26H45N3O4S2/c1-4-27-26(33)24(31)21(17-19-10-6-5-7-11-19)29-25(32)22(16-18(2)3)28-23(30)13-9-8-12-20-14-15-34-35-20/h18-22H,4-17H2,1-3H3,(H,27,33)(H,28,30)(H,29,32)/t20?,21-,22-/m0/s1. The monoisotopic (exact) mass is 527 g/mol. The molecule has 35 heavy (non-hydrogen) atoms. The van der Waals surface area contributed by atoms with Crippen LogP contribution in [-0.4, -0.2) is 53.1 Å². The van der Waals surface area contributed by atoms with E-state index in [1.165, 1.54) is 18.6 Å². The first-order valence-corrected chi connectivity index (χ1v) is 15.9. The van der Waals surface area contributed by atoms with E-state index >= 15 is 0 Å². The number of nitrogens with one attached hydrogen (secondary N) is 3. The lowest BCUT2D eigenvalue weighted by Gasteiger charge is -2.28. The first kappa shape index (κ1) is 30.0. The zero-order chi connectivity index (χ0) is 25.6. The number of carbonyl (C=O) groups excluding carboxylic acids is 4. The van der Waals surface area contributed by atoms with Crippen LogP contribution in [0.3, 0.4) is 0 Å². The number of likely N-dealkylation sites (N-methyl/N-ethyl adjacent to an activating group) is 1. The average Bonchev–Trinajstić information content (AvgIpc) is 3.34. The number of unbranched alkanes of at least 4 members (excludes halogenated alkanes) is 1. The molecule has 0 aromatic carbocycles. The normalized spacial score (nSPS) is 20.3. The van der Waals surface area contributed by atoms with Gasteiger partial charge in [0.2, 0.25) is 17.6 Å². The van der Waals surface area contributed by atoms with Crippen LogP contribution in [0.5, 0.6) is 0 Å². The highest BCUT2D eigenvalue weighted by Crippen LogP contribution is 2.39. The van der Waals surface area contributed by atoms with Gasteiger partial charge in [0.05, 0.1) is 6.04 Å². The Morgan fingerprint density at radius 1 is 0.943 bits per heavy atom. The molecule has 0 radical (unpaired) electrons. The quantitative estimate of drug-likeness (QED) is 0.166. The first-order valence-electron chi connectivity index (χ1n) is 13.5. The minimum absolute atomic E-state index is 0.127. The molecule has 1 saturated carbocycles. The summed E-state index contributed by atoms with van der Waals surface area (Å²) in [6.07, 6.45) is 11.0. The average molecular weight is 528 g/mol. The topological polar surface area (TPSA) is 104 Å². The Hall–Kier alpha value is -1.22. The van der Waals surface area contributed by atoms with Crippen molar-refractivity contribution >= 4 is 45.1 Å². The summed E-state index contributed by atoms with van der Waals surface area (Å²) in [4.78, 5) is 51.0. The summed E-state index contributed by atoms with van der Waals surface area (Å²) in [5.41, 5.74) is 0. The molecule has 7 nitrogen and oxygen atoms in total. The number of carbonyl (C=O) groups is 4. The number of hydrogen-bond donors (Lipinski definition) is 3. The van der Waals surface area contributed by atoms with Crippen molar-refractivity contribution in [1.82, 2.24) is 16.0 Å². The third-order valence-electron chi connectivity index (χ3n) is 6.75. The lowest BCUT2D eigenvalue weighted by molar-refractivity contribution is -0.140. The molecule has 0 bridgehead atoms. The molecule has 0 spiro atoms. The molecule has 2 aliphatic rings. The first-order chi connectivity index (χ1) is 16.8. The van der Waals surface area contributed by atoms with Gasteiger partial charge >= 0.3 is 0 Å². The fourth-order valence-corrected chi connectivity index (χ4v) is 7.88. The largest absolute Gasteiger partial charge is 0.350 e. The molecule has 0 aromatic heterocycles. The fourth-order valence-electron chi connectivity index (χ4n) is 4.86. The Kier molecular flexibility index (Phi) is 14.2. The van der Waals surface area contributed by atoms with Crippen molar-refractivity contribution in [2.45, 2.75) is 115 Å². The Morgan fingerprint density at radius 3 is 2.31 bits per heavy atom. The van der Waals surface area contributed by atoms with Crippen LogP contribution in [0.15, 0.2) is 0 Å². The molecule has 1 saturated heterocycles. The van der Waals surface area contributed by atoms with E-state index in [0.29, 0.717) is 37.0 Å². The fraction of sp³-hybridized carbons (Fsp3) is 0.846. The van der Waals surface area contributed by atoms with E-state index < -0.39 is 23.8 Å². The molecule has 1 aliphatic carbocycles. The number of amides is 3. The highest BCUT2D eigenvalue weighted by molar-refractivity contribution is 8.77. The molecule has 1 aliphatic heterocycles. The summed E-state index contributed by atoms with van der Waals surface area (Å²) in [6.45, 7) is 6.13. The van der Waals surface area contributed by atoms with Crippen molar-refractivity contribution in [2.24, 2.45) is 11.8 Å².